The molecule has 2 heterocycles. The predicted octanol–water partition coefficient (Wildman–Crippen LogP) is 2.79. The van der Waals surface area contributed by atoms with Crippen molar-refractivity contribution in [2.45, 2.75) is 38.7 Å². The normalized spacial score (nSPS) is 21.2. The van der Waals surface area contributed by atoms with Gasteiger partial charge < -0.3 is 15.4 Å². The summed E-state index contributed by atoms with van der Waals surface area (Å²) in [5.74, 6) is 1.02. The number of anilines is 2. The van der Waals surface area contributed by atoms with E-state index in [0.29, 0.717) is 18.2 Å². The molecular formula is C14H22N4O3. The van der Waals surface area contributed by atoms with E-state index in [1.54, 1.807) is 0 Å². The second-order valence-corrected chi connectivity index (χ2v) is 5.54. The van der Waals surface area contributed by atoms with Crippen LogP contribution >= 0.6 is 0 Å². The minimum Gasteiger partial charge on any atom is -0.373 e. The van der Waals surface area contributed by atoms with Crippen LogP contribution in [0.3, 0.4) is 0 Å². The van der Waals surface area contributed by atoms with E-state index in [1.165, 1.54) is 12.1 Å². The lowest BCUT2D eigenvalue weighted by atomic mass is 10.0. The Morgan fingerprint density at radius 3 is 2.71 bits per heavy atom. The van der Waals surface area contributed by atoms with E-state index in [-0.39, 0.29) is 11.3 Å². The van der Waals surface area contributed by atoms with Crippen LogP contribution < -0.4 is 10.6 Å². The first kappa shape index (κ1) is 15.5. The molecular weight excluding hydrogens is 272 g/mol. The van der Waals surface area contributed by atoms with Crippen molar-refractivity contribution in [3.8, 4) is 0 Å². The minimum absolute atomic E-state index is 0.0311. The highest BCUT2D eigenvalue weighted by Gasteiger charge is 2.29. The number of pyridine rings is 1. The molecule has 1 fully saturated rings. The molecule has 0 aliphatic carbocycles. The topological polar surface area (TPSA) is 89.3 Å². The third-order valence-electron chi connectivity index (χ3n) is 3.52. The van der Waals surface area contributed by atoms with E-state index < -0.39 is 4.92 Å². The van der Waals surface area contributed by atoms with Gasteiger partial charge >= 0.3 is 0 Å². The quantitative estimate of drug-likeness (QED) is 0.593. The summed E-state index contributed by atoms with van der Waals surface area (Å²) >= 11 is 0. The Kier molecular flexibility index (Phi) is 4.95. The first-order chi connectivity index (χ1) is 10.0. The van der Waals surface area contributed by atoms with Gasteiger partial charge in [0.2, 0.25) is 0 Å². The first-order valence-corrected chi connectivity index (χ1v) is 7.30. The number of hydrogen-bond acceptors (Lipinski definition) is 6. The maximum absolute atomic E-state index is 11.0. The summed E-state index contributed by atoms with van der Waals surface area (Å²) in [5.41, 5.74) is -0.188. The summed E-state index contributed by atoms with van der Waals surface area (Å²) in [6.07, 6.45) is 2.96. The lowest BCUT2D eigenvalue weighted by Crippen LogP contribution is -2.32. The van der Waals surface area contributed by atoms with Gasteiger partial charge in [0.15, 0.2) is 0 Å². The van der Waals surface area contributed by atoms with Gasteiger partial charge in [0, 0.05) is 19.7 Å². The number of ether oxygens (including phenoxy) is 1. The fourth-order valence-electron chi connectivity index (χ4n) is 2.31. The molecule has 2 rings (SSSR count). The van der Waals surface area contributed by atoms with E-state index in [2.05, 4.69) is 15.6 Å². The van der Waals surface area contributed by atoms with Crippen LogP contribution in [-0.2, 0) is 4.74 Å². The molecule has 1 unspecified atom stereocenters. The van der Waals surface area contributed by atoms with Crippen molar-refractivity contribution < 1.29 is 9.66 Å². The lowest BCUT2D eigenvalue weighted by molar-refractivity contribution is -0.384. The van der Waals surface area contributed by atoms with Gasteiger partial charge in [-0.05, 0) is 26.2 Å². The first-order valence-electron chi connectivity index (χ1n) is 7.30. The predicted molar refractivity (Wildman–Crippen MR) is 81.8 cm³/mol. The molecule has 116 valence electrons. The molecule has 0 bridgehead atoms. The van der Waals surface area contributed by atoms with Gasteiger partial charge in [-0.15, -0.1) is 0 Å². The maximum Gasteiger partial charge on any atom is 0.276 e. The van der Waals surface area contributed by atoms with Crippen molar-refractivity contribution in [3.05, 3.63) is 22.2 Å². The summed E-state index contributed by atoms with van der Waals surface area (Å²) in [6, 6.07) is 2.91. The Morgan fingerprint density at radius 2 is 2.14 bits per heavy atom. The fourth-order valence-corrected chi connectivity index (χ4v) is 2.31. The van der Waals surface area contributed by atoms with Crippen LogP contribution in [0.15, 0.2) is 12.1 Å². The standard InChI is InChI=1S/C14H22N4O3/c1-3-6-15-12-8-11(18(19)20)9-13(17-12)16-10-14(2)5-4-7-21-14/h8-9H,3-7,10H2,1-2H3,(H2,15,16,17). The van der Waals surface area contributed by atoms with E-state index in [1.807, 2.05) is 13.8 Å². The van der Waals surface area contributed by atoms with Crippen LogP contribution in [0.1, 0.15) is 33.1 Å². The van der Waals surface area contributed by atoms with Crippen molar-refractivity contribution in [3.63, 3.8) is 0 Å². The molecule has 7 nitrogen and oxygen atoms in total. The molecule has 1 aliphatic rings. The van der Waals surface area contributed by atoms with Gasteiger partial charge in [0.05, 0.1) is 22.7 Å². The molecule has 21 heavy (non-hydrogen) atoms. The highest BCUT2D eigenvalue weighted by Crippen LogP contribution is 2.26. The Bertz CT molecular complexity index is 501. The largest absolute Gasteiger partial charge is 0.373 e. The van der Waals surface area contributed by atoms with Crippen LogP contribution in [-0.4, -0.2) is 35.2 Å². The average Bonchev–Trinajstić information content (AvgIpc) is 2.90. The van der Waals surface area contributed by atoms with Crippen LogP contribution in [0.5, 0.6) is 0 Å². The second-order valence-electron chi connectivity index (χ2n) is 5.54. The Labute approximate surface area is 124 Å². The van der Waals surface area contributed by atoms with Crippen molar-refractivity contribution in [1.29, 1.82) is 0 Å². The number of rotatable bonds is 7. The van der Waals surface area contributed by atoms with Gasteiger partial charge in [0.1, 0.15) is 11.6 Å². The summed E-state index contributed by atoms with van der Waals surface area (Å²) in [7, 11) is 0. The SMILES string of the molecule is CCCNc1cc([N+](=O)[O-])cc(NCC2(C)CCCO2)n1. The van der Waals surface area contributed by atoms with Crippen molar-refractivity contribution >= 4 is 17.3 Å². The molecule has 0 radical (unpaired) electrons. The van der Waals surface area contributed by atoms with Gasteiger partial charge in [0.25, 0.3) is 5.69 Å². The van der Waals surface area contributed by atoms with Crippen LogP contribution in [0.2, 0.25) is 0 Å². The monoisotopic (exact) mass is 294 g/mol. The zero-order valence-corrected chi connectivity index (χ0v) is 12.5. The molecule has 1 aromatic rings. The zero-order valence-electron chi connectivity index (χ0n) is 12.5. The molecule has 0 saturated carbocycles. The molecule has 0 amide bonds. The third-order valence-corrected chi connectivity index (χ3v) is 3.52. The molecule has 1 aliphatic heterocycles. The summed E-state index contributed by atoms with van der Waals surface area (Å²) < 4.78 is 5.70. The molecule has 0 aromatic carbocycles. The maximum atomic E-state index is 11.0. The smallest absolute Gasteiger partial charge is 0.276 e. The second kappa shape index (κ2) is 6.71. The average molecular weight is 294 g/mol. The van der Waals surface area contributed by atoms with Gasteiger partial charge in [-0.1, -0.05) is 6.92 Å². The van der Waals surface area contributed by atoms with Gasteiger partial charge in [-0.2, -0.15) is 0 Å². The van der Waals surface area contributed by atoms with E-state index in [4.69, 9.17) is 4.74 Å². The summed E-state index contributed by atoms with van der Waals surface area (Å²) in [5, 5.41) is 17.2. The highest BCUT2D eigenvalue weighted by atomic mass is 16.6. The number of nitrogens with zero attached hydrogens (tertiary/aromatic N) is 2. The van der Waals surface area contributed by atoms with Gasteiger partial charge in [-0.25, -0.2) is 4.98 Å². The van der Waals surface area contributed by atoms with Crippen LogP contribution in [0.25, 0.3) is 0 Å². The Morgan fingerprint density at radius 1 is 1.43 bits per heavy atom. The van der Waals surface area contributed by atoms with Crippen molar-refractivity contribution in [1.82, 2.24) is 4.98 Å². The number of nitro groups is 1. The van der Waals surface area contributed by atoms with Crippen LogP contribution in [0, 0.1) is 10.1 Å². The van der Waals surface area contributed by atoms with Crippen molar-refractivity contribution in [2.75, 3.05) is 30.3 Å². The van der Waals surface area contributed by atoms with Crippen molar-refractivity contribution in [2.24, 2.45) is 0 Å². The fraction of sp³-hybridized carbons (Fsp3) is 0.643. The summed E-state index contributed by atoms with van der Waals surface area (Å²) in [6.45, 7) is 6.16. The lowest BCUT2D eigenvalue weighted by Gasteiger charge is -2.23. The van der Waals surface area contributed by atoms with Crippen LogP contribution in [0.4, 0.5) is 17.3 Å². The van der Waals surface area contributed by atoms with E-state index >= 15 is 0 Å². The Balaban J connectivity index is 2.09. The molecule has 1 saturated heterocycles. The van der Waals surface area contributed by atoms with Gasteiger partial charge in [-0.3, -0.25) is 10.1 Å². The molecule has 0 spiro atoms. The zero-order chi connectivity index (χ0) is 15.3. The number of nitrogens with one attached hydrogen (secondary N) is 2. The highest BCUT2D eigenvalue weighted by molar-refractivity contribution is 5.54. The summed E-state index contributed by atoms with van der Waals surface area (Å²) in [4.78, 5) is 15.0. The minimum atomic E-state index is -0.405. The molecule has 7 heteroatoms. The number of aromatic nitrogens is 1. The van der Waals surface area contributed by atoms with E-state index in [9.17, 15) is 10.1 Å². The Hall–Kier alpha value is -1.89. The molecule has 1 atom stereocenters. The number of hydrogen-bond donors (Lipinski definition) is 2. The molecule has 1 aromatic heterocycles. The van der Waals surface area contributed by atoms with E-state index in [0.717, 1.165) is 32.4 Å². The molecule has 2 N–H and O–H groups in total. The third kappa shape index (κ3) is 4.29.